The van der Waals surface area contributed by atoms with Crippen molar-refractivity contribution in [1.82, 2.24) is 29.6 Å². The van der Waals surface area contributed by atoms with Gasteiger partial charge in [0.15, 0.2) is 0 Å². The molecular weight excluding hydrogens is 420 g/mol. The lowest BCUT2D eigenvalue weighted by Gasteiger charge is -2.09. The van der Waals surface area contributed by atoms with E-state index >= 15 is 0 Å². The molecule has 0 radical (unpaired) electrons. The summed E-state index contributed by atoms with van der Waals surface area (Å²) in [6.45, 7) is 4.87. The van der Waals surface area contributed by atoms with Crippen molar-refractivity contribution >= 4 is 16.9 Å². The number of nitrogens with one attached hydrogen (secondary N) is 2. The number of H-pyrrole nitrogens is 1. The van der Waals surface area contributed by atoms with Crippen LogP contribution in [0.15, 0.2) is 52.2 Å². The maximum absolute atomic E-state index is 12.8. The summed E-state index contributed by atoms with van der Waals surface area (Å²) in [6.07, 6.45) is 3.16. The molecule has 9 nitrogen and oxygen atoms in total. The molecule has 1 saturated carbocycles. The van der Waals surface area contributed by atoms with Crippen LogP contribution >= 0.6 is 0 Å². The summed E-state index contributed by atoms with van der Waals surface area (Å²) in [6, 6.07) is 11.6. The van der Waals surface area contributed by atoms with Gasteiger partial charge in [0.25, 0.3) is 11.5 Å². The molecule has 0 bridgehead atoms. The number of aryl methyl sites for hydroxylation is 1. The van der Waals surface area contributed by atoms with Gasteiger partial charge in [-0.3, -0.25) is 23.8 Å². The van der Waals surface area contributed by atoms with Crippen molar-refractivity contribution in [2.24, 2.45) is 0 Å². The Bertz CT molecular complexity index is 1480. The molecule has 0 aliphatic heterocycles. The molecule has 1 aliphatic rings. The van der Waals surface area contributed by atoms with Gasteiger partial charge in [0, 0.05) is 30.0 Å². The predicted octanol–water partition coefficient (Wildman–Crippen LogP) is 2.21. The Morgan fingerprint density at radius 3 is 2.67 bits per heavy atom. The van der Waals surface area contributed by atoms with Crippen LogP contribution < -0.4 is 16.6 Å². The molecule has 1 fully saturated rings. The highest BCUT2D eigenvalue weighted by Crippen LogP contribution is 2.34. The number of aromatic nitrogens is 5. The normalized spacial score (nSPS) is 13.4. The third kappa shape index (κ3) is 3.97. The van der Waals surface area contributed by atoms with Crippen molar-refractivity contribution in [3.05, 3.63) is 91.5 Å². The first-order valence-electron chi connectivity index (χ1n) is 10.9. The Morgan fingerprint density at radius 2 is 1.94 bits per heavy atom. The number of pyridine rings is 1. The zero-order valence-corrected chi connectivity index (χ0v) is 18.5. The zero-order chi connectivity index (χ0) is 23.1. The highest BCUT2D eigenvalue weighted by Gasteiger charge is 2.28. The van der Waals surface area contributed by atoms with Gasteiger partial charge < -0.3 is 5.32 Å². The minimum atomic E-state index is -0.539. The minimum Gasteiger partial charge on any atom is -0.348 e. The minimum absolute atomic E-state index is 0.0578. The largest absolute Gasteiger partial charge is 0.348 e. The highest BCUT2D eigenvalue weighted by atomic mass is 16.2. The van der Waals surface area contributed by atoms with Crippen LogP contribution in [0.1, 0.15) is 51.8 Å². The number of rotatable bonds is 6. The number of hydrogen-bond acceptors (Lipinski definition) is 5. The molecule has 2 N–H and O–H groups in total. The summed E-state index contributed by atoms with van der Waals surface area (Å²) in [7, 11) is 0. The molecule has 1 aliphatic carbocycles. The molecule has 3 heterocycles. The van der Waals surface area contributed by atoms with Crippen LogP contribution in [-0.2, 0) is 13.1 Å². The molecule has 9 heteroatoms. The standard InChI is InChI=1S/C24H24N6O3/c1-14-20(15(2)29(28-14)13-16-6-4-3-5-7-16)12-26-22(31)17-10-19-21(25-11-17)30(18-8-9-18)24(33)27-23(19)32/h3-7,10-11,18H,8-9,12-13H2,1-2H3,(H,26,31)(H,27,32,33). The van der Waals surface area contributed by atoms with Gasteiger partial charge in [-0.1, -0.05) is 30.3 Å². The maximum atomic E-state index is 12.8. The van der Waals surface area contributed by atoms with Crippen LogP contribution in [0.25, 0.3) is 11.0 Å². The van der Waals surface area contributed by atoms with Gasteiger partial charge in [-0.15, -0.1) is 0 Å². The molecule has 1 amide bonds. The Hall–Kier alpha value is -4.01. The van der Waals surface area contributed by atoms with Gasteiger partial charge in [0.05, 0.1) is 23.2 Å². The van der Waals surface area contributed by atoms with E-state index in [2.05, 4.69) is 32.5 Å². The van der Waals surface area contributed by atoms with E-state index < -0.39 is 11.2 Å². The van der Waals surface area contributed by atoms with Crippen molar-refractivity contribution in [3.63, 3.8) is 0 Å². The van der Waals surface area contributed by atoms with Gasteiger partial charge >= 0.3 is 5.69 Å². The zero-order valence-electron chi connectivity index (χ0n) is 18.5. The van der Waals surface area contributed by atoms with Crippen LogP contribution in [0, 0.1) is 13.8 Å². The molecule has 33 heavy (non-hydrogen) atoms. The molecule has 4 aromatic rings. The van der Waals surface area contributed by atoms with E-state index in [0.29, 0.717) is 18.7 Å². The number of nitrogens with zero attached hydrogens (tertiary/aromatic N) is 4. The van der Waals surface area contributed by atoms with Crippen molar-refractivity contribution in [3.8, 4) is 0 Å². The van der Waals surface area contributed by atoms with Crippen LogP contribution in [0.2, 0.25) is 0 Å². The number of carbonyl (C=O) groups excluding carboxylic acids is 1. The number of hydrogen-bond donors (Lipinski definition) is 2. The lowest BCUT2D eigenvalue weighted by molar-refractivity contribution is 0.0950. The fourth-order valence-electron chi connectivity index (χ4n) is 4.10. The second kappa shape index (κ2) is 8.16. The second-order valence-corrected chi connectivity index (χ2v) is 8.43. The van der Waals surface area contributed by atoms with E-state index in [1.807, 2.05) is 36.7 Å². The van der Waals surface area contributed by atoms with Crippen molar-refractivity contribution in [1.29, 1.82) is 0 Å². The van der Waals surface area contributed by atoms with Crippen LogP contribution in [0.3, 0.4) is 0 Å². The van der Waals surface area contributed by atoms with E-state index in [-0.39, 0.29) is 22.9 Å². The SMILES string of the molecule is Cc1nn(Cc2ccccc2)c(C)c1CNC(=O)c1cnc2c(c1)c(=O)[nH]c(=O)n2C1CC1. The molecule has 3 aromatic heterocycles. The lowest BCUT2D eigenvalue weighted by Crippen LogP contribution is -2.31. The lowest BCUT2D eigenvalue weighted by atomic mass is 10.1. The van der Waals surface area contributed by atoms with E-state index in [9.17, 15) is 14.4 Å². The molecule has 168 valence electrons. The quantitative estimate of drug-likeness (QED) is 0.473. The number of aromatic amines is 1. The van der Waals surface area contributed by atoms with Crippen molar-refractivity contribution < 1.29 is 4.79 Å². The first kappa shape index (κ1) is 20.9. The van der Waals surface area contributed by atoms with E-state index in [0.717, 1.165) is 35.4 Å². The second-order valence-electron chi connectivity index (χ2n) is 8.43. The predicted molar refractivity (Wildman–Crippen MR) is 123 cm³/mol. The highest BCUT2D eigenvalue weighted by molar-refractivity contribution is 5.96. The van der Waals surface area contributed by atoms with E-state index in [1.54, 1.807) is 0 Å². The summed E-state index contributed by atoms with van der Waals surface area (Å²) in [5.41, 5.74) is 3.52. The van der Waals surface area contributed by atoms with Gasteiger partial charge in [0.1, 0.15) is 5.65 Å². The monoisotopic (exact) mass is 444 g/mol. The molecule has 0 unspecified atom stereocenters. The molecule has 0 spiro atoms. The van der Waals surface area contributed by atoms with Crippen molar-refractivity contribution in [2.45, 2.75) is 45.8 Å². The van der Waals surface area contributed by atoms with E-state index in [1.165, 1.54) is 16.8 Å². The first-order valence-corrected chi connectivity index (χ1v) is 10.9. The Morgan fingerprint density at radius 1 is 1.18 bits per heavy atom. The summed E-state index contributed by atoms with van der Waals surface area (Å²) < 4.78 is 3.44. The van der Waals surface area contributed by atoms with Gasteiger partial charge in [-0.05, 0) is 38.3 Å². The number of fused-ring (bicyclic) bond motifs is 1. The molecule has 5 rings (SSSR count). The van der Waals surface area contributed by atoms with Gasteiger partial charge in [-0.2, -0.15) is 5.10 Å². The summed E-state index contributed by atoms with van der Waals surface area (Å²) in [5, 5.41) is 7.76. The summed E-state index contributed by atoms with van der Waals surface area (Å²) in [4.78, 5) is 44.0. The topological polar surface area (TPSA) is 115 Å². The van der Waals surface area contributed by atoms with Crippen LogP contribution in [-0.4, -0.2) is 30.2 Å². The Balaban J connectivity index is 1.36. The Labute approximate surface area is 189 Å². The fraction of sp³-hybridized carbons (Fsp3) is 0.292. The maximum Gasteiger partial charge on any atom is 0.330 e. The summed E-state index contributed by atoms with van der Waals surface area (Å²) in [5.74, 6) is -0.345. The average Bonchev–Trinajstić information content (AvgIpc) is 3.60. The van der Waals surface area contributed by atoms with E-state index in [4.69, 9.17) is 0 Å². The Kier molecular flexibility index (Phi) is 5.16. The van der Waals surface area contributed by atoms with Gasteiger partial charge in [0.2, 0.25) is 0 Å². The molecule has 0 atom stereocenters. The molecule has 0 saturated heterocycles. The third-order valence-corrected chi connectivity index (χ3v) is 6.09. The van der Waals surface area contributed by atoms with Gasteiger partial charge in [-0.25, -0.2) is 9.78 Å². The smallest absolute Gasteiger partial charge is 0.330 e. The molecular formula is C24H24N6O3. The fourth-order valence-corrected chi connectivity index (χ4v) is 4.10. The van der Waals surface area contributed by atoms with Crippen LogP contribution in [0.5, 0.6) is 0 Å². The average molecular weight is 444 g/mol. The molecule has 1 aromatic carbocycles. The summed E-state index contributed by atoms with van der Waals surface area (Å²) >= 11 is 0. The number of amides is 1. The van der Waals surface area contributed by atoms with Crippen molar-refractivity contribution in [2.75, 3.05) is 0 Å². The first-order chi connectivity index (χ1) is 15.9. The van der Waals surface area contributed by atoms with Crippen LogP contribution in [0.4, 0.5) is 0 Å². The number of carbonyl (C=O) groups is 1. The number of benzene rings is 1. The third-order valence-electron chi connectivity index (χ3n) is 6.09.